The van der Waals surface area contributed by atoms with Gasteiger partial charge >= 0.3 is 0 Å². The fourth-order valence-electron chi connectivity index (χ4n) is 2.77. The van der Waals surface area contributed by atoms with Crippen LogP contribution in [0.3, 0.4) is 0 Å². The number of rotatable bonds is 2. The van der Waals surface area contributed by atoms with Crippen LogP contribution in [0.4, 0.5) is 0 Å². The second-order valence-electron chi connectivity index (χ2n) is 5.61. The average Bonchev–Trinajstić information content (AvgIpc) is 2.93. The van der Waals surface area contributed by atoms with Gasteiger partial charge in [-0.1, -0.05) is 0 Å². The molecule has 0 fully saturated rings. The third-order valence-electron chi connectivity index (χ3n) is 3.98. The van der Waals surface area contributed by atoms with Crippen LogP contribution in [-0.4, -0.2) is 24.1 Å². The van der Waals surface area contributed by atoms with Gasteiger partial charge in [0.15, 0.2) is 5.65 Å². The minimum Gasteiger partial charge on any atom is -0.316 e. The number of aryl methyl sites for hydroxylation is 2. The third-order valence-corrected chi connectivity index (χ3v) is 3.98. The molecule has 24 heavy (non-hydrogen) atoms. The molecule has 0 atom stereocenters. The Balaban J connectivity index is 1.96. The molecular weight excluding hydrogens is 302 g/mol. The molecule has 0 amide bonds. The van der Waals surface area contributed by atoms with E-state index in [1.165, 1.54) is 0 Å². The van der Waals surface area contributed by atoms with Crippen molar-refractivity contribution in [2.75, 3.05) is 0 Å². The molecule has 0 aromatic carbocycles. The van der Waals surface area contributed by atoms with Crippen LogP contribution in [0.15, 0.2) is 59.8 Å². The van der Waals surface area contributed by atoms with E-state index in [1.54, 1.807) is 42.3 Å². The standard InChI is InChI=1S/C18H15N5O/c1-12-20-16-5-4-15(13-7-9-19-10-8-13)21-18(16)23(12)14-3-6-17(24)22(2)11-14/h3-11H,1-2H3. The lowest BCUT2D eigenvalue weighted by molar-refractivity contribution is 0.840. The van der Waals surface area contributed by atoms with E-state index in [-0.39, 0.29) is 5.56 Å². The molecule has 4 aromatic rings. The second kappa shape index (κ2) is 5.42. The van der Waals surface area contributed by atoms with Crippen molar-refractivity contribution < 1.29 is 0 Å². The lowest BCUT2D eigenvalue weighted by Crippen LogP contribution is -2.15. The monoisotopic (exact) mass is 317 g/mol. The molecule has 4 rings (SSSR count). The molecule has 0 bridgehead atoms. The molecule has 0 unspecified atom stereocenters. The van der Waals surface area contributed by atoms with Gasteiger partial charge in [0.2, 0.25) is 5.56 Å². The van der Waals surface area contributed by atoms with Gasteiger partial charge in [0, 0.05) is 37.3 Å². The van der Waals surface area contributed by atoms with Crippen LogP contribution in [0.25, 0.3) is 28.1 Å². The smallest absolute Gasteiger partial charge is 0.250 e. The first-order chi connectivity index (χ1) is 11.6. The highest BCUT2D eigenvalue weighted by atomic mass is 16.1. The Morgan fingerprint density at radius 3 is 2.50 bits per heavy atom. The summed E-state index contributed by atoms with van der Waals surface area (Å²) in [6.07, 6.45) is 5.28. The summed E-state index contributed by atoms with van der Waals surface area (Å²) in [5.74, 6) is 0.822. The van der Waals surface area contributed by atoms with Crippen molar-refractivity contribution in [2.24, 2.45) is 7.05 Å². The van der Waals surface area contributed by atoms with E-state index >= 15 is 0 Å². The van der Waals surface area contributed by atoms with Gasteiger partial charge in [0.25, 0.3) is 0 Å². The molecule has 0 N–H and O–H groups in total. The summed E-state index contributed by atoms with van der Waals surface area (Å²) in [4.78, 5) is 25.0. The Kier molecular flexibility index (Phi) is 3.23. The van der Waals surface area contributed by atoms with Crippen molar-refractivity contribution in [3.05, 3.63) is 71.2 Å². The Morgan fingerprint density at radius 2 is 1.75 bits per heavy atom. The Morgan fingerprint density at radius 1 is 0.958 bits per heavy atom. The van der Waals surface area contributed by atoms with Crippen molar-refractivity contribution in [2.45, 2.75) is 6.92 Å². The zero-order chi connectivity index (χ0) is 16.7. The van der Waals surface area contributed by atoms with Gasteiger partial charge in [-0.2, -0.15) is 0 Å². The molecule has 4 aromatic heterocycles. The molecule has 0 saturated heterocycles. The Hall–Kier alpha value is -3.28. The van der Waals surface area contributed by atoms with Gasteiger partial charge < -0.3 is 4.57 Å². The molecule has 6 nitrogen and oxygen atoms in total. The zero-order valence-electron chi connectivity index (χ0n) is 13.3. The number of fused-ring (bicyclic) bond motifs is 1. The van der Waals surface area contributed by atoms with E-state index in [0.29, 0.717) is 0 Å². The highest BCUT2D eigenvalue weighted by molar-refractivity contribution is 5.77. The summed E-state index contributed by atoms with van der Waals surface area (Å²) in [6.45, 7) is 1.93. The van der Waals surface area contributed by atoms with Gasteiger partial charge in [-0.3, -0.25) is 14.3 Å². The summed E-state index contributed by atoms with van der Waals surface area (Å²) in [6, 6.07) is 11.1. The van der Waals surface area contributed by atoms with E-state index in [1.807, 2.05) is 35.8 Å². The third kappa shape index (κ3) is 2.28. The minimum absolute atomic E-state index is 0.0498. The molecule has 118 valence electrons. The van der Waals surface area contributed by atoms with Crippen LogP contribution in [0.2, 0.25) is 0 Å². The number of nitrogens with zero attached hydrogens (tertiary/aromatic N) is 5. The van der Waals surface area contributed by atoms with Crippen molar-refractivity contribution in [1.82, 2.24) is 24.1 Å². The van der Waals surface area contributed by atoms with Crippen LogP contribution in [0.5, 0.6) is 0 Å². The number of hydrogen-bond acceptors (Lipinski definition) is 4. The SMILES string of the molecule is Cc1nc2ccc(-c3ccncc3)nc2n1-c1ccc(=O)n(C)c1. The van der Waals surface area contributed by atoms with Crippen molar-refractivity contribution in [1.29, 1.82) is 0 Å². The predicted octanol–water partition coefficient (Wildman–Crippen LogP) is 2.49. The largest absolute Gasteiger partial charge is 0.316 e. The Bertz CT molecular complexity index is 1100. The predicted molar refractivity (Wildman–Crippen MR) is 92.1 cm³/mol. The molecule has 0 aliphatic heterocycles. The van der Waals surface area contributed by atoms with E-state index in [0.717, 1.165) is 33.9 Å². The molecule has 4 heterocycles. The van der Waals surface area contributed by atoms with E-state index in [2.05, 4.69) is 9.97 Å². The molecule has 0 aliphatic carbocycles. The lowest BCUT2D eigenvalue weighted by atomic mass is 10.2. The van der Waals surface area contributed by atoms with Crippen LogP contribution >= 0.6 is 0 Å². The minimum atomic E-state index is -0.0498. The summed E-state index contributed by atoms with van der Waals surface area (Å²) in [5.41, 5.74) is 4.25. The second-order valence-corrected chi connectivity index (χ2v) is 5.61. The molecule has 0 radical (unpaired) electrons. The molecule has 6 heteroatoms. The number of imidazole rings is 1. The van der Waals surface area contributed by atoms with Crippen LogP contribution in [0.1, 0.15) is 5.82 Å². The first kappa shape index (κ1) is 14.3. The summed E-state index contributed by atoms with van der Waals surface area (Å²) in [7, 11) is 1.73. The number of pyridine rings is 3. The summed E-state index contributed by atoms with van der Waals surface area (Å²) < 4.78 is 3.51. The summed E-state index contributed by atoms with van der Waals surface area (Å²) >= 11 is 0. The van der Waals surface area contributed by atoms with Gasteiger partial charge in [-0.15, -0.1) is 0 Å². The van der Waals surface area contributed by atoms with Crippen molar-refractivity contribution >= 4 is 11.2 Å². The highest BCUT2D eigenvalue weighted by Crippen LogP contribution is 2.23. The van der Waals surface area contributed by atoms with Crippen molar-refractivity contribution in [3.63, 3.8) is 0 Å². The van der Waals surface area contributed by atoms with Crippen LogP contribution in [-0.2, 0) is 7.05 Å². The summed E-state index contributed by atoms with van der Waals surface area (Å²) in [5, 5.41) is 0. The van der Waals surface area contributed by atoms with E-state index in [9.17, 15) is 4.79 Å². The quantitative estimate of drug-likeness (QED) is 0.570. The maximum Gasteiger partial charge on any atom is 0.250 e. The lowest BCUT2D eigenvalue weighted by Gasteiger charge is -2.08. The zero-order valence-corrected chi connectivity index (χ0v) is 13.3. The van der Waals surface area contributed by atoms with E-state index in [4.69, 9.17) is 4.98 Å². The van der Waals surface area contributed by atoms with Crippen molar-refractivity contribution in [3.8, 4) is 16.9 Å². The van der Waals surface area contributed by atoms with Gasteiger partial charge in [-0.05, 0) is 37.3 Å². The fourth-order valence-corrected chi connectivity index (χ4v) is 2.77. The number of aromatic nitrogens is 5. The maximum absolute atomic E-state index is 11.6. The first-order valence-electron chi connectivity index (χ1n) is 7.57. The maximum atomic E-state index is 11.6. The van der Waals surface area contributed by atoms with Gasteiger partial charge in [0.1, 0.15) is 11.3 Å². The topological polar surface area (TPSA) is 65.6 Å². The molecule has 0 aliphatic rings. The molecular formula is C18H15N5O. The van der Waals surface area contributed by atoms with Gasteiger partial charge in [-0.25, -0.2) is 9.97 Å². The Labute approximate surface area is 138 Å². The molecule has 0 spiro atoms. The average molecular weight is 317 g/mol. The molecule has 0 saturated carbocycles. The normalized spacial score (nSPS) is 11.1. The van der Waals surface area contributed by atoms with Gasteiger partial charge in [0.05, 0.1) is 11.4 Å². The number of hydrogen-bond donors (Lipinski definition) is 0. The van der Waals surface area contributed by atoms with Crippen LogP contribution in [0, 0.1) is 6.92 Å². The first-order valence-corrected chi connectivity index (χ1v) is 7.57. The fraction of sp³-hybridized carbons (Fsp3) is 0.111. The van der Waals surface area contributed by atoms with E-state index < -0.39 is 0 Å². The highest BCUT2D eigenvalue weighted by Gasteiger charge is 2.12. The van der Waals surface area contributed by atoms with Crippen LogP contribution < -0.4 is 5.56 Å².